The van der Waals surface area contributed by atoms with Gasteiger partial charge >= 0.3 is 0 Å². The average molecular weight is 336 g/mol. The smallest absolute Gasteiger partial charge is 0.245 e. The van der Waals surface area contributed by atoms with Crippen molar-refractivity contribution in [3.05, 3.63) is 59.2 Å². The second-order valence-corrected chi connectivity index (χ2v) is 6.86. The molecule has 0 saturated heterocycles. The molecule has 1 unspecified atom stereocenters. The third-order valence-corrected chi connectivity index (χ3v) is 5.50. The van der Waals surface area contributed by atoms with Gasteiger partial charge < -0.3 is 14.5 Å². The fraction of sp³-hybridized carbons (Fsp3) is 0.381. The molecule has 2 aliphatic heterocycles. The predicted octanol–water partition coefficient (Wildman–Crippen LogP) is 3.03. The summed E-state index contributed by atoms with van der Waals surface area (Å²) in [5.74, 6) is 1.15. The molecule has 0 radical (unpaired) electrons. The second-order valence-electron chi connectivity index (χ2n) is 6.86. The molecule has 4 rings (SSSR count). The van der Waals surface area contributed by atoms with Crippen molar-refractivity contribution in [2.75, 3.05) is 25.1 Å². The lowest BCUT2D eigenvalue weighted by molar-refractivity contribution is -0.133. The lowest BCUT2D eigenvalue weighted by Crippen LogP contribution is -2.48. The molecule has 0 fully saturated rings. The Kier molecular flexibility index (Phi) is 4.12. The molecule has 0 aliphatic carbocycles. The number of nitrogens with zero attached hydrogens (tertiary/aromatic N) is 2. The van der Waals surface area contributed by atoms with Crippen LogP contribution in [0.1, 0.15) is 23.6 Å². The number of carbonyl (C=O) groups excluding carboxylic acids is 1. The van der Waals surface area contributed by atoms with Gasteiger partial charge in [0.05, 0.1) is 7.11 Å². The number of rotatable bonds is 3. The Bertz CT molecular complexity index is 802. The number of carbonyl (C=O) groups is 1. The molecule has 1 atom stereocenters. The number of hydrogen-bond acceptors (Lipinski definition) is 3. The van der Waals surface area contributed by atoms with Crippen LogP contribution < -0.4 is 9.64 Å². The highest BCUT2D eigenvalue weighted by molar-refractivity contribution is 5.86. The van der Waals surface area contributed by atoms with Crippen molar-refractivity contribution in [2.24, 2.45) is 0 Å². The predicted molar refractivity (Wildman–Crippen MR) is 99.1 cm³/mol. The molecule has 2 aromatic rings. The Morgan fingerprint density at radius 1 is 1.04 bits per heavy atom. The van der Waals surface area contributed by atoms with Crippen LogP contribution in [-0.2, 0) is 24.2 Å². The van der Waals surface area contributed by atoms with Gasteiger partial charge in [-0.25, -0.2) is 0 Å². The molecule has 0 spiro atoms. The maximum atomic E-state index is 13.1. The summed E-state index contributed by atoms with van der Waals surface area (Å²) in [5.41, 5.74) is 5.00. The van der Waals surface area contributed by atoms with Crippen LogP contribution in [0.3, 0.4) is 0 Å². The zero-order valence-corrected chi connectivity index (χ0v) is 14.9. The van der Waals surface area contributed by atoms with E-state index in [-0.39, 0.29) is 11.9 Å². The molecule has 2 aliphatic rings. The highest BCUT2D eigenvalue weighted by Gasteiger charge is 2.32. The van der Waals surface area contributed by atoms with Gasteiger partial charge in [-0.05, 0) is 43.0 Å². The van der Waals surface area contributed by atoms with Gasteiger partial charge in [-0.2, -0.15) is 0 Å². The van der Waals surface area contributed by atoms with Crippen LogP contribution in [0.15, 0.2) is 42.5 Å². The van der Waals surface area contributed by atoms with Crippen molar-refractivity contribution in [1.29, 1.82) is 0 Å². The number of amides is 1. The monoisotopic (exact) mass is 336 g/mol. The number of benzene rings is 2. The topological polar surface area (TPSA) is 32.8 Å². The van der Waals surface area contributed by atoms with E-state index >= 15 is 0 Å². The Labute approximate surface area is 149 Å². The van der Waals surface area contributed by atoms with E-state index in [2.05, 4.69) is 35.2 Å². The first-order chi connectivity index (χ1) is 12.2. The number of methoxy groups -OCH3 is 1. The Balaban J connectivity index is 1.52. The Morgan fingerprint density at radius 3 is 2.68 bits per heavy atom. The van der Waals surface area contributed by atoms with Gasteiger partial charge in [-0.1, -0.05) is 30.3 Å². The Morgan fingerprint density at radius 2 is 1.84 bits per heavy atom. The molecule has 4 nitrogen and oxygen atoms in total. The van der Waals surface area contributed by atoms with Crippen LogP contribution in [0.2, 0.25) is 0 Å². The van der Waals surface area contributed by atoms with E-state index in [4.69, 9.17) is 4.74 Å². The molecule has 4 heteroatoms. The maximum Gasteiger partial charge on any atom is 0.245 e. The highest BCUT2D eigenvalue weighted by atomic mass is 16.5. The first-order valence-electron chi connectivity index (χ1n) is 8.97. The lowest BCUT2D eigenvalue weighted by atomic mass is 9.98. The third kappa shape index (κ3) is 2.76. The van der Waals surface area contributed by atoms with Gasteiger partial charge in [0.15, 0.2) is 0 Å². The largest absolute Gasteiger partial charge is 0.496 e. The summed E-state index contributed by atoms with van der Waals surface area (Å²) in [4.78, 5) is 17.4. The van der Waals surface area contributed by atoms with E-state index in [0.29, 0.717) is 6.54 Å². The van der Waals surface area contributed by atoms with E-state index in [9.17, 15) is 4.79 Å². The number of ether oxygens (including phenoxy) is 1. The molecule has 130 valence electrons. The molecule has 0 N–H and O–H groups in total. The number of para-hydroxylation sites is 1. The number of hydrogen-bond donors (Lipinski definition) is 0. The fourth-order valence-electron chi connectivity index (χ4n) is 4.12. The molecular weight excluding hydrogens is 312 g/mol. The zero-order valence-electron chi connectivity index (χ0n) is 14.9. The molecule has 0 aromatic heterocycles. The first-order valence-corrected chi connectivity index (χ1v) is 8.97. The standard InChI is InChI=1S/C21H24N2O2/c1-15(23-13-10-16-6-3-4-8-19(16)23)21(24)22-12-11-18-17(14-22)7-5-9-20(18)25-2/h3-9,15H,10-14H2,1-2H3. The quantitative estimate of drug-likeness (QED) is 0.864. The summed E-state index contributed by atoms with van der Waals surface area (Å²) < 4.78 is 5.46. The van der Waals surface area contributed by atoms with E-state index in [0.717, 1.165) is 31.7 Å². The van der Waals surface area contributed by atoms with Gasteiger partial charge in [0, 0.05) is 30.9 Å². The summed E-state index contributed by atoms with van der Waals surface area (Å²) in [5, 5.41) is 0. The van der Waals surface area contributed by atoms with Crippen molar-refractivity contribution in [1.82, 2.24) is 4.90 Å². The summed E-state index contributed by atoms with van der Waals surface area (Å²) in [6.45, 7) is 4.38. The minimum Gasteiger partial charge on any atom is -0.496 e. The molecule has 2 heterocycles. The van der Waals surface area contributed by atoms with Crippen LogP contribution >= 0.6 is 0 Å². The molecule has 1 amide bonds. The summed E-state index contributed by atoms with van der Waals surface area (Å²) in [6, 6.07) is 14.4. The number of anilines is 1. The van der Waals surface area contributed by atoms with E-state index in [1.807, 2.05) is 24.0 Å². The normalized spacial score (nSPS) is 17.0. The number of fused-ring (bicyclic) bond motifs is 2. The highest BCUT2D eigenvalue weighted by Crippen LogP contribution is 2.31. The van der Waals surface area contributed by atoms with Gasteiger partial charge in [0.2, 0.25) is 5.91 Å². The molecular formula is C21H24N2O2. The SMILES string of the molecule is COc1cccc2c1CCN(C(=O)C(C)N1CCc3ccccc31)C2. The third-order valence-electron chi connectivity index (χ3n) is 5.50. The van der Waals surface area contributed by atoms with Crippen molar-refractivity contribution in [3.63, 3.8) is 0 Å². The van der Waals surface area contributed by atoms with Crippen LogP contribution in [0.5, 0.6) is 5.75 Å². The van der Waals surface area contributed by atoms with Gasteiger partial charge in [0.25, 0.3) is 0 Å². The van der Waals surface area contributed by atoms with Gasteiger partial charge in [-0.3, -0.25) is 4.79 Å². The fourth-order valence-corrected chi connectivity index (χ4v) is 4.12. The molecule has 25 heavy (non-hydrogen) atoms. The average Bonchev–Trinajstić information content (AvgIpc) is 3.10. The van der Waals surface area contributed by atoms with Crippen molar-refractivity contribution < 1.29 is 9.53 Å². The zero-order chi connectivity index (χ0) is 17.4. The minimum absolute atomic E-state index is 0.129. The minimum atomic E-state index is -0.129. The van der Waals surface area contributed by atoms with Crippen molar-refractivity contribution >= 4 is 11.6 Å². The van der Waals surface area contributed by atoms with Crippen LogP contribution in [0.25, 0.3) is 0 Å². The van der Waals surface area contributed by atoms with Crippen LogP contribution in [0, 0.1) is 0 Å². The Hall–Kier alpha value is -2.49. The van der Waals surface area contributed by atoms with E-state index < -0.39 is 0 Å². The second kappa shape index (κ2) is 6.43. The maximum absolute atomic E-state index is 13.1. The lowest BCUT2D eigenvalue weighted by Gasteiger charge is -2.35. The summed E-state index contributed by atoms with van der Waals surface area (Å²) in [6.07, 6.45) is 1.88. The van der Waals surface area contributed by atoms with Crippen molar-refractivity contribution in [3.8, 4) is 5.75 Å². The first kappa shape index (κ1) is 16.0. The summed E-state index contributed by atoms with van der Waals surface area (Å²) in [7, 11) is 1.71. The van der Waals surface area contributed by atoms with Gasteiger partial charge in [-0.15, -0.1) is 0 Å². The van der Waals surface area contributed by atoms with E-state index in [1.54, 1.807) is 7.11 Å². The molecule has 0 saturated carbocycles. The van der Waals surface area contributed by atoms with Crippen LogP contribution in [-0.4, -0.2) is 37.0 Å². The van der Waals surface area contributed by atoms with Crippen molar-refractivity contribution in [2.45, 2.75) is 32.4 Å². The van der Waals surface area contributed by atoms with Gasteiger partial charge in [0.1, 0.15) is 11.8 Å². The molecule has 0 bridgehead atoms. The molecule has 2 aromatic carbocycles. The van der Waals surface area contributed by atoms with Crippen LogP contribution in [0.4, 0.5) is 5.69 Å². The van der Waals surface area contributed by atoms with E-state index in [1.165, 1.54) is 22.4 Å². The summed E-state index contributed by atoms with van der Waals surface area (Å²) >= 11 is 0.